The van der Waals surface area contributed by atoms with Gasteiger partial charge in [-0.15, -0.1) is 22.7 Å². The molecule has 0 atom stereocenters. The van der Waals surface area contributed by atoms with Crippen LogP contribution in [0.15, 0.2) is 176 Å². The Labute approximate surface area is 292 Å². The molecule has 0 amide bonds. The summed E-state index contributed by atoms with van der Waals surface area (Å²) in [5, 5.41) is 7.68. The third-order valence-corrected chi connectivity index (χ3v) is 11.9. The number of fused-ring (bicyclic) bond motifs is 7. The van der Waals surface area contributed by atoms with Crippen LogP contribution in [0.5, 0.6) is 0 Å². The smallest absolute Gasteiger partial charge is 0.0546 e. The van der Waals surface area contributed by atoms with E-state index >= 15 is 0 Å². The molecule has 0 N–H and O–H groups in total. The van der Waals surface area contributed by atoms with Crippen LogP contribution in [0.4, 0.5) is 17.1 Å². The molecule has 0 bridgehead atoms. The fraction of sp³-hybridized carbons (Fsp3) is 0. The molecular formula is C46H29NS2. The van der Waals surface area contributed by atoms with Gasteiger partial charge in [0.2, 0.25) is 0 Å². The van der Waals surface area contributed by atoms with E-state index in [4.69, 9.17) is 0 Å². The van der Waals surface area contributed by atoms with Crippen LogP contribution in [0.2, 0.25) is 0 Å². The average Bonchev–Trinajstić information content (AvgIpc) is 3.73. The summed E-state index contributed by atoms with van der Waals surface area (Å²) in [6, 6.07) is 64.6. The summed E-state index contributed by atoms with van der Waals surface area (Å²) < 4.78 is 5.24. The molecule has 10 rings (SSSR count). The molecule has 1 nitrogen and oxygen atoms in total. The first-order valence-corrected chi connectivity index (χ1v) is 18.2. The van der Waals surface area contributed by atoms with Gasteiger partial charge in [0, 0.05) is 57.3 Å². The first-order chi connectivity index (χ1) is 24.3. The highest BCUT2D eigenvalue weighted by molar-refractivity contribution is 7.26. The fourth-order valence-corrected chi connectivity index (χ4v) is 9.60. The number of thiophene rings is 2. The lowest BCUT2D eigenvalue weighted by atomic mass is 9.91. The average molecular weight is 660 g/mol. The van der Waals surface area contributed by atoms with Crippen LogP contribution in [0.25, 0.3) is 73.4 Å². The lowest BCUT2D eigenvalue weighted by Gasteiger charge is -2.29. The van der Waals surface area contributed by atoms with Crippen molar-refractivity contribution >= 4 is 90.9 Å². The zero-order valence-corrected chi connectivity index (χ0v) is 28.1. The van der Waals surface area contributed by atoms with Crippen LogP contribution in [0.1, 0.15) is 0 Å². The van der Waals surface area contributed by atoms with Crippen molar-refractivity contribution in [3.05, 3.63) is 176 Å². The van der Waals surface area contributed by atoms with Crippen molar-refractivity contribution in [2.24, 2.45) is 0 Å². The van der Waals surface area contributed by atoms with Crippen LogP contribution in [-0.2, 0) is 0 Å². The molecule has 0 aliphatic rings. The topological polar surface area (TPSA) is 3.24 Å². The van der Waals surface area contributed by atoms with E-state index in [-0.39, 0.29) is 0 Å². The maximum absolute atomic E-state index is 2.47. The van der Waals surface area contributed by atoms with E-state index < -0.39 is 0 Å². The maximum Gasteiger partial charge on any atom is 0.0546 e. The van der Waals surface area contributed by atoms with Crippen molar-refractivity contribution in [2.75, 3.05) is 4.90 Å². The molecule has 2 heterocycles. The zero-order chi connectivity index (χ0) is 32.3. The standard InChI is InChI=1S/C46H29NS2/c1-2-12-31(13-3-1)36-17-10-18-41(46(36)33-22-25-39-37-15-6-8-19-42(37)49-45(39)28-33)47(34-23-21-30-11-4-5-14-32(30)27-34)35-24-26-44-40(29-35)38-16-7-9-20-43(38)48-44/h1-29H. The van der Waals surface area contributed by atoms with Crippen molar-refractivity contribution < 1.29 is 0 Å². The van der Waals surface area contributed by atoms with Gasteiger partial charge in [0.1, 0.15) is 0 Å². The summed E-state index contributed by atoms with van der Waals surface area (Å²) in [5.41, 5.74) is 8.27. The van der Waals surface area contributed by atoms with Gasteiger partial charge in [-0.3, -0.25) is 0 Å². The van der Waals surface area contributed by atoms with E-state index in [1.165, 1.54) is 73.4 Å². The Kier molecular flexibility index (Phi) is 6.61. The number of benzene rings is 8. The summed E-state index contributed by atoms with van der Waals surface area (Å²) in [7, 11) is 0. The number of hydrogen-bond donors (Lipinski definition) is 0. The molecule has 0 radical (unpaired) electrons. The molecule has 0 aliphatic heterocycles. The molecule has 230 valence electrons. The van der Waals surface area contributed by atoms with E-state index in [9.17, 15) is 0 Å². The van der Waals surface area contributed by atoms with E-state index in [1.54, 1.807) is 0 Å². The quantitative estimate of drug-likeness (QED) is 0.178. The van der Waals surface area contributed by atoms with Gasteiger partial charge in [0.15, 0.2) is 0 Å². The normalized spacial score (nSPS) is 11.7. The molecule has 10 aromatic rings. The third kappa shape index (κ3) is 4.74. The van der Waals surface area contributed by atoms with Crippen molar-refractivity contribution in [3.63, 3.8) is 0 Å². The van der Waals surface area contributed by atoms with Crippen LogP contribution >= 0.6 is 22.7 Å². The highest BCUT2D eigenvalue weighted by Gasteiger charge is 2.22. The van der Waals surface area contributed by atoms with E-state index in [1.807, 2.05) is 22.7 Å². The van der Waals surface area contributed by atoms with Crippen LogP contribution in [0.3, 0.4) is 0 Å². The lowest BCUT2D eigenvalue weighted by Crippen LogP contribution is -2.11. The SMILES string of the molecule is c1ccc(-c2cccc(N(c3ccc4ccccc4c3)c3ccc4sc5ccccc5c4c3)c2-c2ccc3c(c2)sc2ccccc23)cc1. The highest BCUT2D eigenvalue weighted by atomic mass is 32.1. The summed E-state index contributed by atoms with van der Waals surface area (Å²) in [5.74, 6) is 0. The van der Waals surface area contributed by atoms with Crippen LogP contribution in [-0.4, -0.2) is 0 Å². The number of hydrogen-bond acceptors (Lipinski definition) is 3. The molecule has 0 saturated heterocycles. The largest absolute Gasteiger partial charge is 0.310 e. The molecule has 0 unspecified atom stereocenters. The van der Waals surface area contributed by atoms with Crippen LogP contribution in [0, 0.1) is 0 Å². The molecule has 0 spiro atoms. The minimum Gasteiger partial charge on any atom is -0.310 e. The predicted octanol–water partition coefficient (Wildman–Crippen LogP) is 14.4. The second kappa shape index (κ2) is 11.5. The van der Waals surface area contributed by atoms with Gasteiger partial charge in [-0.1, -0.05) is 121 Å². The summed E-state index contributed by atoms with van der Waals surface area (Å²) in [6.07, 6.45) is 0. The van der Waals surface area contributed by atoms with Crippen molar-refractivity contribution in [1.29, 1.82) is 0 Å². The molecule has 8 aromatic carbocycles. The number of rotatable bonds is 5. The van der Waals surface area contributed by atoms with Gasteiger partial charge in [-0.25, -0.2) is 0 Å². The first-order valence-electron chi connectivity index (χ1n) is 16.6. The van der Waals surface area contributed by atoms with Crippen LogP contribution < -0.4 is 4.90 Å². The Morgan fingerprint density at radius 2 is 0.980 bits per heavy atom. The molecule has 0 fully saturated rings. The highest BCUT2D eigenvalue weighted by Crippen LogP contribution is 2.48. The minimum atomic E-state index is 1.13. The number of nitrogens with zero attached hydrogens (tertiary/aromatic N) is 1. The molecule has 3 heteroatoms. The first kappa shape index (κ1) is 28.3. The van der Waals surface area contributed by atoms with E-state index in [0.717, 1.165) is 17.1 Å². The molecule has 2 aromatic heterocycles. The Morgan fingerprint density at radius 1 is 0.347 bits per heavy atom. The second-order valence-corrected chi connectivity index (χ2v) is 14.7. The van der Waals surface area contributed by atoms with Gasteiger partial charge in [-0.2, -0.15) is 0 Å². The Morgan fingerprint density at radius 3 is 1.82 bits per heavy atom. The molecule has 0 saturated carbocycles. The Balaban J connectivity index is 1.28. The molecular weight excluding hydrogens is 631 g/mol. The van der Waals surface area contributed by atoms with E-state index in [2.05, 4.69) is 181 Å². The monoisotopic (exact) mass is 659 g/mol. The zero-order valence-electron chi connectivity index (χ0n) is 26.5. The third-order valence-electron chi connectivity index (χ3n) is 9.65. The summed E-state index contributed by atoms with van der Waals surface area (Å²) >= 11 is 3.73. The van der Waals surface area contributed by atoms with Gasteiger partial charge in [0.05, 0.1) is 5.69 Å². The fourth-order valence-electron chi connectivity index (χ4n) is 7.37. The summed E-state index contributed by atoms with van der Waals surface area (Å²) in [4.78, 5) is 2.47. The van der Waals surface area contributed by atoms with Gasteiger partial charge in [0.25, 0.3) is 0 Å². The van der Waals surface area contributed by atoms with Gasteiger partial charge in [-0.05, 0) is 82.1 Å². The van der Waals surface area contributed by atoms with Gasteiger partial charge >= 0.3 is 0 Å². The van der Waals surface area contributed by atoms with Crippen molar-refractivity contribution in [1.82, 2.24) is 0 Å². The van der Waals surface area contributed by atoms with Crippen molar-refractivity contribution in [3.8, 4) is 22.3 Å². The number of anilines is 3. The van der Waals surface area contributed by atoms with E-state index in [0.29, 0.717) is 0 Å². The second-order valence-electron chi connectivity index (χ2n) is 12.5. The lowest BCUT2D eigenvalue weighted by molar-refractivity contribution is 1.30. The summed E-state index contributed by atoms with van der Waals surface area (Å²) in [6.45, 7) is 0. The maximum atomic E-state index is 2.47. The Hall–Kier alpha value is -5.74. The molecule has 0 aliphatic carbocycles. The predicted molar refractivity (Wildman–Crippen MR) is 215 cm³/mol. The minimum absolute atomic E-state index is 1.13. The van der Waals surface area contributed by atoms with Crippen molar-refractivity contribution in [2.45, 2.75) is 0 Å². The molecule has 49 heavy (non-hydrogen) atoms. The van der Waals surface area contributed by atoms with Gasteiger partial charge < -0.3 is 4.90 Å². The Bertz CT molecular complexity index is 2840.